The van der Waals surface area contributed by atoms with Gasteiger partial charge in [0.2, 0.25) is 5.91 Å². The quantitative estimate of drug-likeness (QED) is 0.0591. The molecule has 0 spiro atoms. The summed E-state index contributed by atoms with van der Waals surface area (Å²) in [6.45, 7) is 3.56. The van der Waals surface area contributed by atoms with E-state index in [9.17, 15) is 19.1 Å². The maximum Gasteiger partial charge on any atom is 0.312 e. The van der Waals surface area contributed by atoms with Gasteiger partial charge in [0.15, 0.2) is 28.7 Å². The Bertz CT molecular complexity index is 1180. The molecule has 11 heteroatoms. The van der Waals surface area contributed by atoms with Gasteiger partial charge in [-0.2, -0.15) is 14.4 Å². The third-order valence-corrected chi connectivity index (χ3v) is 7.94. The summed E-state index contributed by atoms with van der Waals surface area (Å²) in [7, 11) is 1.32. The van der Waals surface area contributed by atoms with E-state index in [1.54, 1.807) is 0 Å². The summed E-state index contributed by atoms with van der Waals surface area (Å²) in [5, 5.41) is 12.8. The van der Waals surface area contributed by atoms with Gasteiger partial charge in [-0.05, 0) is 12.8 Å². The second kappa shape index (κ2) is 20.8. The largest absolute Gasteiger partial charge is 0.456 e. The fourth-order valence-corrected chi connectivity index (χ4v) is 5.15. The number of methoxy groups -OCH3 is 1. The van der Waals surface area contributed by atoms with Crippen molar-refractivity contribution in [2.75, 3.05) is 19.0 Å². The van der Waals surface area contributed by atoms with Gasteiger partial charge in [-0.25, -0.2) is 4.98 Å². The predicted molar refractivity (Wildman–Crippen MR) is 169 cm³/mol. The molecule has 2 heterocycles. The van der Waals surface area contributed by atoms with Gasteiger partial charge < -0.3 is 24.5 Å². The molecule has 246 valence electrons. The molecule has 0 saturated heterocycles. The minimum Gasteiger partial charge on any atom is -0.456 e. The topological polar surface area (TPSA) is 128 Å². The van der Waals surface area contributed by atoms with Crippen LogP contribution in [0.1, 0.15) is 123 Å². The number of imidazole rings is 1. The molecule has 0 bridgehead atoms. The number of aliphatic hydroxyl groups excluding tert-OH is 1. The SMILES string of the molecule is C#CC(CO)(OC)[C@H](Cn1cnc2c(NC(=O)CCCCCC)nc(F)nc21)OC(=O)CCCCCCCCCCCCC. The number of rotatable bonds is 24. The smallest absolute Gasteiger partial charge is 0.312 e. The van der Waals surface area contributed by atoms with Gasteiger partial charge in [0.1, 0.15) is 0 Å². The number of esters is 1. The molecule has 0 saturated carbocycles. The zero-order valence-electron chi connectivity index (χ0n) is 26.9. The Labute approximate surface area is 261 Å². The minimum absolute atomic E-state index is 0.0473. The molecular formula is C33H52FN5O5. The number of unbranched alkanes of at least 4 members (excludes halogenated alkanes) is 13. The van der Waals surface area contributed by atoms with Crippen LogP contribution in [-0.4, -0.2) is 61.9 Å². The number of halogens is 1. The molecule has 10 nitrogen and oxygen atoms in total. The molecule has 2 rings (SSSR count). The third kappa shape index (κ3) is 12.1. The number of nitrogens with zero attached hydrogens (tertiary/aromatic N) is 4. The van der Waals surface area contributed by atoms with E-state index in [-0.39, 0.29) is 42.3 Å². The normalized spacial score (nSPS) is 13.4. The van der Waals surface area contributed by atoms with Crippen molar-refractivity contribution in [3.8, 4) is 12.3 Å². The third-order valence-electron chi connectivity index (χ3n) is 7.94. The highest BCUT2D eigenvalue weighted by molar-refractivity contribution is 5.96. The monoisotopic (exact) mass is 617 g/mol. The van der Waals surface area contributed by atoms with Crippen LogP contribution in [0.2, 0.25) is 0 Å². The number of terminal acetylenes is 1. The lowest BCUT2D eigenvalue weighted by atomic mass is 9.97. The second-order valence-corrected chi connectivity index (χ2v) is 11.4. The summed E-state index contributed by atoms with van der Waals surface area (Å²) in [6, 6.07) is 0. The zero-order chi connectivity index (χ0) is 32.2. The number of aromatic nitrogens is 4. The Morgan fingerprint density at radius 3 is 2.11 bits per heavy atom. The molecule has 0 fully saturated rings. The summed E-state index contributed by atoms with van der Waals surface area (Å²) in [4.78, 5) is 37.2. The summed E-state index contributed by atoms with van der Waals surface area (Å²) in [5.74, 6) is 1.60. The molecule has 0 aliphatic heterocycles. The van der Waals surface area contributed by atoms with E-state index in [1.165, 1.54) is 62.9 Å². The number of amides is 1. The van der Waals surface area contributed by atoms with Gasteiger partial charge in [0.25, 0.3) is 0 Å². The van der Waals surface area contributed by atoms with Gasteiger partial charge in [-0.1, -0.05) is 103 Å². The van der Waals surface area contributed by atoms with Crippen LogP contribution in [0.15, 0.2) is 6.33 Å². The van der Waals surface area contributed by atoms with Crippen molar-refractivity contribution in [2.24, 2.45) is 0 Å². The average molecular weight is 618 g/mol. The highest BCUT2D eigenvalue weighted by Crippen LogP contribution is 2.25. The van der Waals surface area contributed by atoms with Crippen LogP contribution in [0.5, 0.6) is 0 Å². The first-order valence-electron chi connectivity index (χ1n) is 16.4. The van der Waals surface area contributed by atoms with Crippen molar-refractivity contribution in [3.05, 3.63) is 12.4 Å². The lowest BCUT2D eigenvalue weighted by molar-refractivity contribution is -0.168. The number of carbonyl (C=O) groups is 2. The molecule has 44 heavy (non-hydrogen) atoms. The number of ether oxygens (including phenoxy) is 2. The van der Waals surface area contributed by atoms with Crippen LogP contribution >= 0.6 is 0 Å². The number of nitrogens with one attached hydrogen (secondary N) is 1. The highest BCUT2D eigenvalue weighted by atomic mass is 19.1. The lowest BCUT2D eigenvalue weighted by Gasteiger charge is -2.33. The Balaban J connectivity index is 2.02. The summed E-state index contributed by atoms with van der Waals surface area (Å²) in [5.41, 5.74) is -1.40. The van der Waals surface area contributed by atoms with Crippen LogP contribution in [-0.2, 0) is 25.6 Å². The van der Waals surface area contributed by atoms with Crippen molar-refractivity contribution >= 4 is 28.9 Å². The van der Waals surface area contributed by atoms with Gasteiger partial charge in [-0.3, -0.25) is 9.59 Å². The first-order valence-corrected chi connectivity index (χ1v) is 16.4. The van der Waals surface area contributed by atoms with Crippen molar-refractivity contribution in [1.82, 2.24) is 19.5 Å². The van der Waals surface area contributed by atoms with E-state index in [0.717, 1.165) is 38.5 Å². The van der Waals surface area contributed by atoms with Crippen LogP contribution in [0.25, 0.3) is 11.2 Å². The Morgan fingerprint density at radius 1 is 0.977 bits per heavy atom. The molecule has 2 aromatic heterocycles. The van der Waals surface area contributed by atoms with Gasteiger partial charge in [0.05, 0.1) is 19.5 Å². The predicted octanol–water partition coefficient (Wildman–Crippen LogP) is 6.50. The molecule has 0 radical (unpaired) electrons. The molecule has 1 amide bonds. The maximum atomic E-state index is 14.5. The lowest BCUT2D eigenvalue weighted by Crippen LogP contribution is -2.50. The Kier molecular flexibility index (Phi) is 17.5. The van der Waals surface area contributed by atoms with E-state index in [4.69, 9.17) is 15.9 Å². The van der Waals surface area contributed by atoms with Crippen molar-refractivity contribution in [1.29, 1.82) is 0 Å². The Morgan fingerprint density at radius 2 is 1.55 bits per heavy atom. The first-order chi connectivity index (χ1) is 21.3. The number of hydrogen-bond acceptors (Lipinski definition) is 8. The molecule has 0 aliphatic carbocycles. The number of anilines is 1. The van der Waals surface area contributed by atoms with Crippen LogP contribution in [0, 0.1) is 18.4 Å². The molecule has 0 aromatic carbocycles. The second-order valence-electron chi connectivity index (χ2n) is 11.4. The van der Waals surface area contributed by atoms with E-state index in [1.807, 2.05) is 0 Å². The van der Waals surface area contributed by atoms with E-state index < -0.39 is 30.4 Å². The molecule has 1 unspecified atom stereocenters. The summed E-state index contributed by atoms with van der Waals surface area (Å²) >= 11 is 0. The van der Waals surface area contributed by atoms with Crippen molar-refractivity contribution in [2.45, 2.75) is 141 Å². The average Bonchev–Trinajstić information content (AvgIpc) is 3.41. The fourth-order valence-electron chi connectivity index (χ4n) is 5.15. The van der Waals surface area contributed by atoms with Crippen molar-refractivity contribution < 1.29 is 28.6 Å². The standard InChI is InChI=1S/C33H52FN5O5/c1-5-8-10-12-13-14-15-16-17-18-20-22-28(42)44-26(33(7-3,24-40)43-4)23-39-25-35-29-30(37-32(34)38-31(29)39)36-27(41)21-19-11-9-6-2/h3,25-26,40H,5-6,8-24H2,1-2,4H3,(H,36,37,38,41)/t26-,33?/m0/s1. The number of aliphatic hydroxyl groups is 1. The van der Waals surface area contributed by atoms with Crippen LogP contribution in [0.3, 0.4) is 0 Å². The van der Waals surface area contributed by atoms with E-state index in [0.29, 0.717) is 12.8 Å². The highest BCUT2D eigenvalue weighted by Gasteiger charge is 2.41. The van der Waals surface area contributed by atoms with Crippen molar-refractivity contribution in [3.63, 3.8) is 0 Å². The van der Waals surface area contributed by atoms with E-state index >= 15 is 0 Å². The van der Waals surface area contributed by atoms with Crippen LogP contribution in [0.4, 0.5) is 10.2 Å². The zero-order valence-corrected chi connectivity index (χ0v) is 26.9. The summed E-state index contributed by atoms with van der Waals surface area (Å²) < 4.78 is 27.2. The maximum absolute atomic E-state index is 14.5. The molecule has 2 atom stereocenters. The molecule has 2 aromatic rings. The number of hydrogen-bond donors (Lipinski definition) is 2. The number of fused-ring (bicyclic) bond motifs is 1. The van der Waals surface area contributed by atoms with Crippen LogP contribution < -0.4 is 5.32 Å². The molecule has 2 N–H and O–H groups in total. The number of carbonyl (C=O) groups excluding carboxylic acids is 2. The fraction of sp³-hybridized carbons (Fsp3) is 0.727. The van der Waals surface area contributed by atoms with E-state index in [2.05, 4.69) is 40.0 Å². The Hall–Kier alpha value is -3.10. The summed E-state index contributed by atoms with van der Waals surface area (Å²) in [6.07, 6.45) is 21.8. The van der Waals surface area contributed by atoms with Gasteiger partial charge >= 0.3 is 12.0 Å². The minimum atomic E-state index is -1.65. The molecule has 0 aliphatic rings. The van der Waals surface area contributed by atoms with Gasteiger partial charge in [0, 0.05) is 20.0 Å². The molecular weight excluding hydrogens is 565 g/mol. The van der Waals surface area contributed by atoms with Gasteiger partial charge in [-0.15, -0.1) is 6.42 Å². The first kappa shape index (κ1) is 37.1.